The Labute approximate surface area is 145 Å². The lowest BCUT2D eigenvalue weighted by atomic mass is 10.2. The van der Waals surface area contributed by atoms with Gasteiger partial charge in [0.2, 0.25) is 0 Å². The van der Waals surface area contributed by atoms with Gasteiger partial charge in [-0.25, -0.2) is 9.97 Å². The van der Waals surface area contributed by atoms with Gasteiger partial charge >= 0.3 is 0 Å². The molecule has 24 heavy (non-hydrogen) atoms. The number of hydrogen-bond acceptors (Lipinski definition) is 6. The van der Waals surface area contributed by atoms with E-state index in [2.05, 4.69) is 45.2 Å². The highest BCUT2D eigenvalue weighted by Crippen LogP contribution is 2.33. The monoisotopic (exact) mass is 342 g/mol. The van der Waals surface area contributed by atoms with E-state index in [0.29, 0.717) is 6.04 Å². The van der Waals surface area contributed by atoms with Crippen LogP contribution in [-0.2, 0) is 0 Å². The minimum absolute atomic E-state index is 0.472. The Balaban J connectivity index is 1.62. The molecule has 0 amide bonds. The highest BCUT2D eigenvalue weighted by atomic mass is 32.1. The Morgan fingerprint density at radius 1 is 1.33 bits per heavy atom. The highest BCUT2D eigenvalue weighted by molar-refractivity contribution is 7.14. The number of anilines is 1. The molecular weight excluding hydrogens is 320 g/mol. The molecule has 1 aromatic carbocycles. The summed E-state index contributed by atoms with van der Waals surface area (Å²) in [5.74, 6) is 0.857. The third-order valence-corrected chi connectivity index (χ3v) is 5.18. The first-order valence-electron chi connectivity index (χ1n) is 8.22. The minimum atomic E-state index is 0.472. The van der Waals surface area contributed by atoms with Gasteiger partial charge in [0.25, 0.3) is 0 Å². The lowest BCUT2D eigenvalue weighted by Crippen LogP contribution is -2.54. The predicted molar refractivity (Wildman–Crippen MR) is 99.8 cm³/mol. The molecule has 1 unspecified atom stereocenters. The van der Waals surface area contributed by atoms with Crippen molar-refractivity contribution in [1.82, 2.24) is 25.2 Å². The number of likely N-dealkylation sites (N-methyl/N-ethyl adjacent to an activating group) is 1. The van der Waals surface area contributed by atoms with Crippen LogP contribution in [0, 0.1) is 0 Å². The number of nitrogens with one attached hydrogen (secondary N) is 2. The van der Waals surface area contributed by atoms with E-state index in [1.165, 1.54) is 5.00 Å². The van der Waals surface area contributed by atoms with E-state index in [4.69, 9.17) is 4.98 Å². The number of aromatic amines is 1. The van der Waals surface area contributed by atoms with E-state index >= 15 is 0 Å². The number of fused-ring (bicyclic) bond motifs is 1. The van der Waals surface area contributed by atoms with Gasteiger partial charge < -0.3 is 20.1 Å². The van der Waals surface area contributed by atoms with Gasteiger partial charge in [-0.2, -0.15) is 0 Å². The topological polar surface area (TPSA) is 60.1 Å². The van der Waals surface area contributed by atoms with Crippen molar-refractivity contribution in [2.45, 2.75) is 6.04 Å². The molecule has 4 rings (SSSR count). The molecular formula is C17H22N6S. The molecule has 2 aromatic heterocycles. The van der Waals surface area contributed by atoms with E-state index in [9.17, 15) is 0 Å². The average Bonchev–Trinajstić information content (AvgIpc) is 3.21. The number of aromatic nitrogens is 3. The first-order valence-corrected chi connectivity index (χ1v) is 9.10. The van der Waals surface area contributed by atoms with E-state index in [1.54, 1.807) is 11.3 Å². The number of imidazole rings is 1. The molecule has 1 aliphatic rings. The Kier molecular flexibility index (Phi) is 4.22. The van der Waals surface area contributed by atoms with Gasteiger partial charge in [0.05, 0.1) is 16.5 Å². The fraction of sp³-hybridized carbons (Fsp3) is 0.412. The van der Waals surface area contributed by atoms with Crippen LogP contribution in [0.2, 0.25) is 0 Å². The lowest BCUT2D eigenvalue weighted by molar-refractivity contribution is 0.323. The first-order chi connectivity index (χ1) is 11.7. The van der Waals surface area contributed by atoms with E-state index in [-0.39, 0.29) is 0 Å². The van der Waals surface area contributed by atoms with Crippen molar-refractivity contribution in [3.63, 3.8) is 0 Å². The second-order valence-corrected chi connectivity index (χ2v) is 7.30. The summed E-state index contributed by atoms with van der Waals surface area (Å²) in [4.78, 5) is 17.4. The third-order valence-electron chi connectivity index (χ3n) is 4.29. The summed E-state index contributed by atoms with van der Waals surface area (Å²) in [7, 11) is 4.24. The number of para-hydroxylation sites is 2. The fourth-order valence-electron chi connectivity index (χ4n) is 3.26. The maximum absolute atomic E-state index is 4.72. The van der Waals surface area contributed by atoms with Gasteiger partial charge in [-0.05, 0) is 26.2 Å². The predicted octanol–water partition coefficient (Wildman–Crippen LogP) is 2.03. The van der Waals surface area contributed by atoms with Gasteiger partial charge in [-0.3, -0.25) is 0 Å². The van der Waals surface area contributed by atoms with Crippen LogP contribution < -0.4 is 10.2 Å². The fourth-order valence-corrected chi connectivity index (χ4v) is 4.10. The van der Waals surface area contributed by atoms with Crippen molar-refractivity contribution in [1.29, 1.82) is 0 Å². The summed E-state index contributed by atoms with van der Waals surface area (Å²) in [6.07, 6.45) is 0. The number of nitrogens with zero attached hydrogens (tertiary/aromatic N) is 4. The number of hydrogen-bond donors (Lipinski definition) is 2. The zero-order valence-electron chi connectivity index (χ0n) is 14.0. The van der Waals surface area contributed by atoms with Crippen LogP contribution in [0.25, 0.3) is 22.6 Å². The van der Waals surface area contributed by atoms with Crippen LogP contribution in [0.1, 0.15) is 0 Å². The lowest BCUT2D eigenvalue weighted by Gasteiger charge is -2.35. The van der Waals surface area contributed by atoms with Crippen molar-refractivity contribution >= 4 is 27.4 Å². The van der Waals surface area contributed by atoms with Gasteiger partial charge in [0.15, 0.2) is 5.82 Å². The number of rotatable bonds is 4. The molecule has 0 spiro atoms. The van der Waals surface area contributed by atoms with E-state index in [1.807, 2.05) is 23.7 Å². The molecule has 1 aliphatic heterocycles. The molecule has 3 heterocycles. The summed E-state index contributed by atoms with van der Waals surface area (Å²) in [5, 5.41) is 4.81. The largest absolute Gasteiger partial charge is 0.359 e. The smallest absolute Gasteiger partial charge is 0.160 e. The number of thiazole rings is 1. The van der Waals surface area contributed by atoms with Gasteiger partial charge in [-0.15, -0.1) is 11.3 Å². The Morgan fingerprint density at radius 2 is 2.21 bits per heavy atom. The molecule has 0 aliphatic carbocycles. The summed E-state index contributed by atoms with van der Waals surface area (Å²) < 4.78 is 0. The van der Waals surface area contributed by atoms with Crippen LogP contribution in [0.3, 0.4) is 0 Å². The number of benzene rings is 1. The van der Waals surface area contributed by atoms with Gasteiger partial charge in [0, 0.05) is 32.2 Å². The molecule has 2 N–H and O–H groups in total. The molecule has 3 aromatic rings. The van der Waals surface area contributed by atoms with Gasteiger partial charge in [0.1, 0.15) is 10.7 Å². The normalized spacial score (nSPS) is 18.6. The zero-order valence-corrected chi connectivity index (χ0v) is 14.8. The van der Waals surface area contributed by atoms with Crippen LogP contribution in [-0.4, -0.2) is 66.2 Å². The standard InChI is InChI=1S/C17H22N6S/c1-22(2)9-12-10-23(8-7-18-12)17-15(19-11-24-17)16-20-13-5-3-4-6-14(13)21-16/h3-6,11-12,18H,7-10H2,1-2H3,(H,20,21). The molecule has 0 radical (unpaired) electrons. The Bertz CT molecular complexity index is 790. The van der Waals surface area contributed by atoms with Crippen LogP contribution in [0.5, 0.6) is 0 Å². The SMILES string of the molecule is CN(C)CC1CN(c2scnc2-c2nc3ccccc3[nH]2)CCN1. The highest BCUT2D eigenvalue weighted by Gasteiger charge is 2.24. The molecule has 126 valence electrons. The third kappa shape index (κ3) is 3.02. The minimum Gasteiger partial charge on any atom is -0.359 e. The van der Waals surface area contributed by atoms with Crippen molar-refractivity contribution in [2.75, 3.05) is 45.2 Å². The Morgan fingerprint density at radius 3 is 3.04 bits per heavy atom. The quantitative estimate of drug-likeness (QED) is 0.760. The molecule has 0 saturated carbocycles. The molecule has 1 fully saturated rings. The number of piperazine rings is 1. The van der Waals surface area contributed by atoms with E-state index in [0.717, 1.165) is 48.7 Å². The van der Waals surface area contributed by atoms with E-state index < -0.39 is 0 Å². The van der Waals surface area contributed by atoms with Gasteiger partial charge in [-0.1, -0.05) is 12.1 Å². The van der Waals surface area contributed by atoms with Crippen molar-refractivity contribution in [3.05, 3.63) is 29.8 Å². The molecule has 1 atom stereocenters. The maximum Gasteiger partial charge on any atom is 0.160 e. The summed E-state index contributed by atoms with van der Waals surface area (Å²) in [6.45, 7) is 4.03. The van der Waals surface area contributed by atoms with Crippen molar-refractivity contribution in [2.24, 2.45) is 0 Å². The second kappa shape index (κ2) is 6.51. The molecule has 6 nitrogen and oxygen atoms in total. The Hall–Kier alpha value is -1.96. The van der Waals surface area contributed by atoms with Crippen LogP contribution >= 0.6 is 11.3 Å². The van der Waals surface area contributed by atoms with Crippen LogP contribution in [0.4, 0.5) is 5.00 Å². The van der Waals surface area contributed by atoms with Crippen molar-refractivity contribution in [3.8, 4) is 11.5 Å². The summed E-state index contributed by atoms with van der Waals surface area (Å²) in [6, 6.07) is 8.58. The summed E-state index contributed by atoms with van der Waals surface area (Å²) in [5.41, 5.74) is 4.91. The average molecular weight is 342 g/mol. The maximum atomic E-state index is 4.72. The molecule has 0 bridgehead atoms. The molecule has 7 heteroatoms. The second-order valence-electron chi connectivity index (χ2n) is 6.47. The van der Waals surface area contributed by atoms with Crippen molar-refractivity contribution < 1.29 is 0 Å². The van der Waals surface area contributed by atoms with Crippen LogP contribution in [0.15, 0.2) is 29.8 Å². The first kappa shape index (κ1) is 15.6. The zero-order chi connectivity index (χ0) is 16.5. The summed E-state index contributed by atoms with van der Waals surface area (Å²) >= 11 is 1.70. The molecule has 1 saturated heterocycles. The number of H-pyrrole nitrogens is 1.